The maximum absolute atomic E-state index is 12.0. The van der Waals surface area contributed by atoms with Crippen LogP contribution in [0.25, 0.3) is 0 Å². The summed E-state index contributed by atoms with van der Waals surface area (Å²) in [7, 11) is 0. The van der Waals surface area contributed by atoms with E-state index in [2.05, 4.69) is 52.0 Å². The Balaban J connectivity index is 0.00000176. The van der Waals surface area contributed by atoms with Crippen LogP contribution >= 0.6 is 23.7 Å². The van der Waals surface area contributed by atoms with Crippen LogP contribution in [0.5, 0.6) is 0 Å². The Morgan fingerprint density at radius 2 is 2.14 bits per heavy atom. The highest BCUT2D eigenvalue weighted by atomic mass is 35.5. The number of hydrogen-bond donors (Lipinski definition) is 2. The molecule has 0 spiro atoms. The van der Waals surface area contributed by atoms with Gasteiger partial charge >= 0.3 is 0 Å². The van der Waals surface area contributed by atoms with Crippen LogP contribution in [-0.2, 0) is 11.2 Å². The zero-order valence-electron chi connectivity index (χ0n) is 12.3. The molecule has 1 saturated heterocycles. The van der Waals surface area contributed by atoms with Crippen LogP contribution in [0.15, 0.2) is 24.3 Å². The standard InChI is InChI=1S/C15H18N4OS.ClH/c1-10-4-6-11(7-5-10)9-13-18-19-15(21-13)17-14(20)12-3-2-8-16-12;/h4-7,12,16H,2-3,8-9H2,1H3,(H,17,19,20);1H. The molecule has 2 heterocycles. The molecule has 1 atom stereocenters. The van der Waals surface area contributed by atoms with E-state index < -0.39 is 0 Å². The second-order valence-electron chi connectivity index (χ2n) is 5.30. The molecular formula is C15H19ClN4OS. The van der Waals surface area contributed by atoms with Gasteiger partial charge < -0.3 is 5.32 Å². The Morgan fingerprint density at radius 1 is 1.36 bits per heavy atom. The lowest BCUT2D eigenvalue weighted by atomic mass is 10.1. The van der Waals surface area contributed by atoms with Crippen LogP contribution < -0.4 is 10.6 Å². The van der Waals surface area contributed by atoms with Gasteiger partial charge in [-0.3, -0.25) is 10.1 Å². The molecule has 2 N–H and O–H groups in total. The minimum Gasteiger partial charge on any atom is -0.306 e. The third-order valence-electron chi connectivity index (χ3n) is 3.55. The first kappa shape index (κ1) is 16.9. The normalized spacial score (nSPS) is 17.0. The molecule has 1 aromatic carbocycles. The van der Waals surface area contributed by atoms with Gasteiger partial charge in [0.1, 0.15) is 5.01 Å². The van der Waals surface area contributed by atoms with Gasteiger partial charge in [0.15, 0.2) is 0 Å². The van der Waals surface area contributed by atoms with Crippen LogP contribution in [0.3, 0.4) is 0 Å². The summed E-state index contributed by atoms with van der Waals surface area (Å²) in [5.74, 6) is -0.00876. The fraction of sp³-hybridized carbons (Fsp3) is 0.400. The van der Waals surface area contributed by atoms with Crippen molar-refractivity contribution in [2.24, 2.45) is 0 Å². The molecule has 0 radical (unpaired) electrons. The fourth-order valence-electron chi connectivity index (χ4n) is 2.36. The van der Waals surface area contributed by atoms with Gasteiger partial charge in [0.2, 0.25) is 11.0 Å². The van der Waals surface area contributed by atoms with Crippen molar-refractivity contribution in [1.82, 2.24) is 15.5 Å². The van der Waals surface area contributed by atoms with Crippen LogP contribution in [-0.4, -0.2) is 28.7 Å². The molecule has 0 saturated carbocycles. The van der Waals surface area contributed by atoms with Crippen LogP contribution in [0, 0.1) is 6.92 Å². The molecular weight excluding hydrogens is 320 g/mol. The maximum atomic E-state index is 12.0. The van der Waals surface area contributed by atoms with Gasteiger partial charge in [-0.25, -0.2) is 0 Å². The van der Waals surface area contributed by atoms with E-state index >= 15 is 0 Å². The van der Waals surface area contributed by atoms with E-state index in [1.165, 1.54) is 22.5 Å². The highest BCUT2D eigenvalue weighted by Gasteiger charge is 2.22. The number of aromatic nitrogens is 2. The van der Waals surface area contributed by atoms with E-state index in [4.69, 9.17) is 0 Å². The first-order chi connectivity index (χ1) is 10.2. The predicted molar refractivity (Wildman–Crippen MR) is 90.8 cm³/mol. The number of nitrogens with zero attached hydrogens (tertiary/aromatic N) is 2. The number of carbonyl (C=O) groups is 1. The zero-order valence-corrected chi connectivity index (χ0v) is 14.0. The van der Waals surface area contributed by atoms with E-state index in [-0.39, 0.29) is 24.4 Å². The van der Waals surface area contributed by atoms with Gasteiger partial charge in [-0.2, -0.15) is 0 Å². The number of carbonyl (C=O) groups excluding carboxylic acids is 1. The average Bonchev–Trinajstić information content (AvgIpc) is 3.13. The van der Waals surface area contributed by atoms with E-state index in [1.807, 2.05) is 0 Å². The maximum Gasteiger partial charge on any atom is 0.243 e. The van der Waals surface area contributed by atoms with Crippen molar-refractivity contribution in [3.05, 3.63) is 40.4 Å². The monoisotopic (exact) mass is 338 g/mol. The van der Waals surface area contributed by atoms with Crippen LogP contribution in [0.4, 0.5) is 5.13 Å². The minimum atomic E-state index is -0.0885. The van der Waals surface area contributed by atoms with Crippen molar-refractivity contribution < 1.29 is 4.79 Å². The summed E-state index contributed by atoms with van der Waals surface area (Å²) < 4.78 is 0. The summed E-state index contributed by atoms with van der Waals surface area (Å²) in [5.41, 5.74) is 2.44. The number of amides is 1. The molecule has 7 heteroatoms. The van der Waals surface area contributed by atoms with Gasteiger partial charge in [0, 0.05) is 6.42 Å². The molecule has 3 rings (SSSR count). The van der Waals surface area contributed by atoms with Crippen molar-refractivity contribution >= 4 is 34.8 Å². The first-order valence-electron chi connectivity index (χ1n) is 7.13. The molecule has 22 heavy (non-hydrogen) atoms. The number of halogens is 1. The SMILES string of the molecule is Cc1ccc(Cc2nnc(NC(=O)C3CCCN3)s2)cc1.Cl. The lowest BCUT2D eigenvalue weighted by Crippen LogP contribution is -2.35. The molecule has 2 aromatic rings. The third-order valence-corrected chi connectivity index (χ3v) is 4.39. The second-order valence-corrected chi connectivity index (χ2v) is 6.36. The topological polar surface area (TPSA) is 66.9 Å². The summed E-state index contributed by atoms with van der Waals surface area (Å²) in [6.07, 6.45) is 2.68. The molecule has 118 valence electrons. The van der Waals surface area contributed by atoms with Gasteiger partial charge in [-0.1, -0.05) is 41.2 Å². The van der Waals surface area contributed by atoms with E-state index in [0.717, 1.165) is 30.8 Å². The average molecular weight is 339 g/mol. The molecule has 0 bridgehead atoms. The van der Waals surface area contributed by atoms with Crippen LogP contribution in [0.1, 0.15) is 29.0 Å². The molecule has 1 amide bonds. The van der Waals surface area contributed by atoms with Gasteiger partial charge in [-0.05, 0) is 31.9 Å². The lowest BCUT2D eigenvalue weighted by molar-refractivity contribution is -0.117. The molecule has 1 aliphatic heterocycles. The molecule has 1 unspecified atom stereocenters. The number of benzene rings is 1. The Hall–Kier alpha value is -1.50. The number of rotatable bonds is 4. The quantitative estimate of drug-likeness (QED) is 0.899. The summed E-state index contributed by atoms with van der Waals surface area (Å²) >= 11 is 1.44. The van der Waals surface area contributed by atoms with E-state index in [9.17, 15) is 4.79 Å². The number of hydrogen-bond acceptors (Lipinski definition) is 5. The zero-order chi connectivity index (χ0) is 14.7. The highest BCUT2D eigenvalue weighted by Crippen LogP contribution is 2.19. The van der Waals surface area contributed by atoms with Crippen molar-refractivity contribution in [2.45, 2.75) is 32.2 Å². The van der Waals surface area contributed by atoms with Crippen molar-refractivity contribution in [1.29, 1.82) is 0 Å². The summed E-state index contributed by atoms with van der Waals surface area (Å²) in [5, 5.41) is 15.7. The molecule has 5 nitrogen and oxygen atoms in total. The lowest BCUT2D eigenvalue weighted by Gasteiger charge is -2.07. The Bertz CT molecular complexity index is 623. The van der Waals surface area contributed by atoms with Gasteiger partial charge in [0.25, 0.3) is 0 Å². The van der Waals surface area contributed by atoms with Crippen LogP contribution in [0.2, 0.25) is 0 Å². The first-order valence-corrected chi connectivity index (χ1v) is 7.94. The molecule has 1 aliphatic rings. The summed E-state index contributed by atoms with van der Waals surface area (Å²) in [6, 6.07) is 8.28. The summed E-state index contributed by atoms with van der Waals surface area (Å²) in [4.78, 5) is 12.0. The third kappa shape index (κ3) is 4.25. The fourth-order valence-corrected chi connectivity index (χ4v) is 3.13. The molecule has 1 aromatic heterocycles. The Morgan fingerprint density at radius 3 is 2.82 bits per heavy atom. The van der Waals surface area contributed by atoms with Crippen molar-refractivity contribution in [3.63, 3.8) is 0 Å². The van der Waals surface area contributed by atoms with Gasteiger partial charge in [-0.15, -0.1) is 22.6 Å². The number of nitrogens with one attached hydrogen (secondary N) is 2. The predicted octanol–water partition coefficient (Wildman–Crippen LogP) is 2.55. The van der Waals surface area contributed by atoms with Crippen molar-refractivity contribution in [3.8, 4) is 0 Å². The Kier molecular flexibility index (Phi) is 5.88. The van der Waals surface area contributed by atoms with Crippen molar-refractivity contribution in [2.75, 3.05) is 11.9 Å². The molecule has 1 fully saturated rings. The largest absolute Gasteiger partial charge is 0.306 e. The highest BCUT2D eigenvalue weighted by molar-refractivity contribution is 7.15. The second kappa shape index (κ2) is 7.67. The summed E-state index contributed by atoms with van der Waals surface area (Å²) in [6.45, 7) is 2.98. The Labute approximate surface area is 139 Å². The minimum absolute atomic E-state index is 0. The van der Waals surface area contributed by atoms with E-state index in [1.54, 1.807) is 0 Å². The smallest absolute Gasteiger partial charge is 0.243 e. The van der Waals surface area contributed by atoms with Gasteiger partial charge in [0.05, 0.1) is 6.04 Å². The number of anilines is 1. The molecule has 0 aliphatic carbocycles. The van der Waals surface area contributed by atoms with E-state index in [0.29, 0.717) is 5.13 Å². The number of aryl methyl sites for hydroxylation is 1.